The van der Waals surface area contributed by atoms with Gasteiger partial charge in [-0.25, -0.2) is 0 Å². The molecule has 2 nitrogen and oxygen atoms in total. The van der Waals surface area contributed by atoms with Crippen LogP contribution in [0.15, 0.2) is 0 Å². The van der Waals surface area contributed by atoms with Crippen LogP contribution >= 0.6 is 0 Å². The summed E-state index contributed by atoms with van der Waals surface area (Å²) in [5.41, 5.74) is 0.165. The van der Waals surface area contributed by atoms with E-state index in [1.165, 1.54) is 44.9 Å². The lowest BCUT2D eigenvalue weighted by Gasteiger charge is -2.57. The second-order valence-electron chi connectivity index (χ2n) is 11.2. The van der Waals surface area contributed by atoms with E-state index < -0.39 is 0 Å². The third-order valence-corrected chi connectivity index (χ3v) is 10.3. The van der Waals surface area contributed by atoms with Crippen molar-refractivity contribution >= 4 is 6.29 Å². The van der Waals surface area contributed by atoms with Crippen LogP contribution in [0.5, 0.6) is 0 Å². The lowest BCUT2D eigenvalue weighted by Crippen LogP contribution is -2.51. The van der Waals surface area contributed by atoms with E-state index in [2.05, 4.69) is 20.8 Å². The molecule has 0 aliphatic heterocycles. The van der Waals surface area contributed by atoms with Gasteiger partial charge in [0.25, 0.3) is 0 Å². The van der Waals surface area contributed by atoms with E-state index in [4.69, 9.17) is 0 Å². The Kier molecular flexibility index (Phi) is 5.51. The maximum atomic E-state index is 10.9. The van der Waals surface area contributed by atoms with Crippen LogP contribution < -0.4 is 0 Å². The number of aliphatic hydroxyl groups is 1. The Hall–Kier alpha value is -0.370. The quantitative estimate of drug-likeness (QED) is 0.598. The van der Waals surface area contributed by atoms with Gasteiger partial charge in [0, 0.05) is 6.42 Å². The summed E-state index contributed by atoms with van der Waals surface area (Å²) in [5.74, 6) is 6.02. The minimum Gasteiger partial charge on any atom is -0.390 e. The molecular weight excluding hydrogens is 332 g/mol. The van der Waals surface area contributed by atoms with Gasteiger partial charge in [0.1, 0.15) is 6.29 Å². The average Bonchev–Trinajstić information content (AvgIpc) is 3.03. The van der Waals surface area contributed by atoms with Crippen LogP contribution in [0.3, 0.4) is 0 Å². The Morgan fingerprint density at radius 1 is 1.04 bits per heavy atom. The first-order chi connectivity index (χ1) is 12.9. The maximum absolute atomic E-state index is 10.9. The largest absolute Gasteiger partial charge is 0.390 e. The van der Waals surface area contributed by atoms with E-state index in [1.54, 1.807) is 0 Å². The zero-order chi connectivity index (χ0) is 19.2. The highest BCUT2D eigenvalue weighted by atomic mass is 16.3. The third kappa shape index (κ3) is 3.32. The molecule has 0 heterocycles. The summed E-state index contributed by atoms with van der Waals surface area (Å²) < 4.78 is 0. The summed E-state index contributed by atoms with van der Waals surface area (Å²) in [6.07, 6.45) is 15.7. The van der Waals surface area contributed by atoms with Crippen molar-refractivity contribution in [2.75, 3.05) is 0 Å². The standard InChI is InChI=1S/C25H42O2/c1-4-25(27)14-12-19-18(16-25)7-8-21-20(19)11-13-24(3)22(9-10-23(21)24)17(2)6-5-15-26/h15,17-23,27H,4-14,16H2,1-3H3/t17-,18+,19+,20-,21-,22-,23+,24-,25+/m1/s1. The molecule has 0 radical (unpaired) electrons. The van der Waals surface area contributed by atoms with Crippen LogP contribution in [0, 0.1) is 46.8 Å². The maximum Gasteiger partial charge on any atom is 0.120 e. The topological polar surface area (TPSA) is 37.3 Å². The predicted molar refractivity (Wildman–Crippen MR) is 110 cm³/mol. The van der Waals surface area contributed by atoms with Crippen molar-refractivity contribution in [3.8, 4) is 0 Å². The normalized spacial score (nSPS) is 50.4. The monoisotopic (exact) mass is 374 g/mol. The molecule has 0 aromatic carbocycles. The summed E-state index contributed by atoms with van der Waals surface area (Å²) in [6, 6.07) is 0. The van der Waals surface area contributed by atoms with Crippen LogP contribution in [-0.2, 0) is 4.79 Å². The SMILES string of the molecule is CC[C@]1(O)CC[C@H]2[C@@H](CC[C@@H]3[C@@H]2CC[C@]2(C)[C@@H]([C@H](C)CCC=O)CC[C@@H]32)C1. The number of hydrogen-bond donors (Lipinski definition) is 1. The molecule has 27 heavy (non-hydrogen) atoms. The van der Waals surface area contributed by atoms with Crippen molar-refractivity contribution in [3.63, 3.8) is 0 Å². The van der Waals surface area contributed by atoms with E-state index in [0.717, 1.165) is 73.9 Å². The van der Waals surface area contributed by atoms with Crippen molar-refractivity contribution in [1.82, 2.24) is 0 Å². The zero-order valence-corrected chi connectivity index (χ0v) is 18.0. The van der Waals surface area contributed by atoms with E-state index in [0.29, 0.717) is 11.3 Å². The Morgan fingerprint density at radius 3 is 2.56 bits per heavy atom. The molecule has 1 N–H and O–H groups in total. The zero-order valence-electron chi connectivity index (χ0n) is 18.0. The van der Waals surface area contributed by atoms with Crippen LogP contribution in [0.4, 0.5) is 0 Å². The molecule has 4 aliphatic carbocycles. The second-order valence-corrected chi connectivity index (χ2v) is 11.2. The van der Waals surface area contributed by atoms with E-state index in [1.807, 2.05) is 0 Å². The Balaban J connectivity index is 1.47. The van der Waals surface area contributed by atoms with Crippen molar-refractivity contribution in [2.45, 2.75) is 103 Å². The molecular formula is C25H42O2. The van der Waals surface area contributed by atoms with Gasteiger partial charge in [0.2, 0.25) is 0 Å². The summed E-state index contributed by atoms with van der Waals surface area (Å²) in [6.45, 7) is 7.20. The fourth-order valence-corrected chi connectivity index (χ4v) is 8.79. The summed E-state index contributed by atoms with van der Waals surface area (Å²) >= 11 is 0. The molecule has 4 saturated carbocycles. The van der Waals surface area contributed by atoms with Crippen molar-refractivity contribution in [3.05, 3.63) is 0 Å². The van der Waals surface area contributed by atoms with Crippen molar-refractivity contribution in [2.24, 2.45) is 46.8 Å². The number of carbonyl (C=O) groups excluding carboxylic acids is 1. The Labute approximate surface area is 166 Å². The molecule has 0 aromatic heterocycles. The second kappa shape index (κ2) is 7.47. The fourth-order valence-electron chi connectivity index (χ4n) is 8.79. The van der Waals surface area contributed by atoms with E-state index >= 15 is 0 Å². The van der Waals surface area contributed by atoms with Gasteiger partial charge in [-0.05, 0) is 117 Å². The number of aldehydes is 1. The highest BCUT2D eigenvalue weighted by molar-refractivity contribution is 5.49. The van der Waals surface area contributed by atoms with E-state index in [-0.39, 0.29) is 5.60 Å². The molecule has 9 atom stereocenters. The highest BCUT2D eigenvalue weighted by Crippen LogP contribution is 2.66. The lowest BCUT2D eigenvalue weighted by molar-refractivity contribution is -0.110. The molecule has 0 amide bonds. The molecule has 2 heteroatoms. The first-order valence-corrected chi connectivity index (χ1v) is 12.1. The van der Waals surface area contributed by atoms with Crippen LogP contribution in [0.1, 0.15) is 97.8 Å². The van der Waals surface area contributed by atoms with Crippen LogP contribution in [0.2, 0.25) is 0 Å². The van der Waals surface area contributed by atoms with Crippen LogP contribution in [0.25, 0.3) is 0 Å². The molecule has 4 aliphatic rings. The fraction of sp³-hybridized carbons (Fsp3) is 0.960. The Bertz CT molecular complexity index is 544. The van der Waals surface area contributed by atoms with Gasteiger partial charge in [-0.2, -0.15) is 0 Å². The van der Waals surface area contributed by atoms with Crippen molar-refractivity contribution in [1.29, 1.82) is 0 Å². The van der Waals surface area contributed by atoms with Crippen molar-refractivity contribution < 1.29 is 9.90 Å². The smallest absolute Gasteiger partial charge is 0.120 e. The molecule has 0 bridgehead atoms. The predicted octanol–water partition coefficient (Wildman–Crippen LogP) is 6.01. The lowest BCUT2D eigenvalue weighted by atomic mass is 9.48. The number of fused-ring (bicyclic) bond motifs is 5. The van der Waals surface area contributed by atoms with Gasteiger partial charge in [-0.3, -0.25) is 0 Å². The third-order valence-electron chi connectivity index (χ3n) is 10.3. The minimum atomic E-state index is -0.357. The molecule has 0 spiro atoms. The summed E-state index contributed by atoms with van der Waals surface area (Å²) in [7, 11) is 0. The van der Waals surface area contributed by atoms with Gasteiger partial charge in [0.05, 0.1) is 5.60 Å². The van der Waals surface area contributed by atoms with Gasteiger partial charge in [-0.1, -0.05) is 20.8 Å². The first-order valence-electron chi connectivity index (χ1n) is 12.1. The molecule has 0 aromatic rings. The molecule has 0 unspecified atom stereocenters. The molecule has 0 saturated heterocycles. The number of rotatable bonds is 5. The number of carbonyl (C=O) groups is 1. The molecule has 154 valence electrons. The van der Waals surface area contributed by atoms with Gasteiger partial charge < -0.3 is 9.90 Å². The van der Waals surface area contributed by atoms with Gasteiger partial charge in [-0.15, -0.1) is 0 Å². The van der Waals surface area contributed by atoms with Gasteiger partial charge in [0.15, 0.2) is 0 Å². The first kappa shape index (κ1) is 19.9. The average molecular weight is 375 g/mol. The molecule has 4 rings (SSSR count). The highest BCUT2D eigenvalue weighted by Gasteiger charge is 2.58. The number of hydrogen-bond acceptors (Lipinski definition) is 2. The Morgan fingerprint density at radius 2 is 1.81 bits per heavy atom. The minimum absolute atomic E-state index is 0.357. The summed E-state index contributed by atoms with van der Waals surface area (Å²) in [5, 5.41) is 10.8. The summed E-state index contributed by atoms with van der Waals surface area (Å²) in [4.78, 5) is 10.9. The van der Waals surface area contributed by atoms with Crippen LogP contribution in [-0.4, -0.2) is 17.0 Å². The van der Waals surface area contributed by atoms with E-state index in [9.17, 15) is 9.90 Å². The molecule has 4 fully saturated rings. The van der Waals surface area contributed by atoms with Gasteiger partial charge >= 0.3 is 0 Å².